The number of hydrogen-bond acceptors (Lipinski definition) is 5. The van der Waals surface area contributed by atoms with Gasteiger partial charge in [-0.25, -0.2) is 4.79 Å². The molecular formula is C18H20N4O3. The Hall–Kier alpha value is -2.96. The van der Waals surface area contributed by atoms with Crippen LogP contribution in [0.4, 0.5) is 5.82 Å². The number of amides is 1. The fourth-order valence-electron chi connectivity index (χ4n) is 2.85. The van der Waals surface area contributed by atoms with Crippen LogP contribution in [0.3, 0.4) is 0 Å². The van der Waals surface area contributed by atoms with Crippen molar-refractivity contribution in [3.05, 3.63) is 53.2 Å². The molecule has 1 aliphatic heterocycles. The van der Waals surface area contributed by atoms with Gasteiger partial charge in [-0.15, -0.1) is 5.10 Å². The Bertz CT molecular complexity index is 759. The summed E-state index contributed by atoms with van der Waals surface area (Å²) >= 11 is 0. The summed E-state index contributed by atoms with van der Waals surface area (Å²) in [6, 6.07) is 9.94. The van der Waals surface area contributed by atoms with E-state index in [-0.39, 0.29) is 11.5 Å². The fourth-order valence-corrected chi connectivity index (χ4v) is 2.85. The van der Waals surface area contributed by atoms with Gasteiger partial charge in [-0.2, -0.15) is 5.10 Å². The Labute approximate surface area is 145 Å². The number of carbonyl (C=O) groups excluding carboxylic acids is 1. The van der Waals surface area contributed by atoms with E-state index >= 15 is 0 Å². The number of aryl methyl sites for hydroxylation is 1. The molecule has 0 radical (unpaired) electrons. The molecule has 130 valence electrons. The molecule has 7 heteroatoms. The minimum Gasteiger partial charge on any atom is -0.478 e. The molecule has 2 heterocycles. The van der Waals surface area contributed by atoms with Gasteiger partial charge in [0.25, 0.3) is 5.91 Å². The average Bonchev–Trinajstić information content (AvgIpc) is 2.88. The highest BCUT2D eigenvalue weighted by molar-refractivity contribution is 5.96. The molecule has 0 aliphatic carbocycles. The predicted octanol–water partition coefficient (Wildman–Crippen LogP) is 1.84. The number of hydrogen-bond donors (Lipinski definition) is 1. The van der Waals surface area contributed by atoms with Gasteiger partial charge in [-0.05, 0) is 49.7 Å². The lowest BCUT2D eigenvalue weighted by molar-refractivity contribution is 0.0694. The molecule has 25 heavy (non-hydrogen) atoms. The number of nitrogens with zero attached hydrogens (tertiary/aromatic N) is 4. The molecule has 1 amide bonds. The van der Waals surface area contributed by atoms with Crippen molar-refractivity contribution >= 4 is 17.7 Å². The van der Waals surface area contributed by atoms with Crippen LogP contribution in [0.5, 0.6) is 0 Å². The van der Waals surface area contributed by atoms with E-state index in [1.54, 1.807) is 17.0 Å². The number of carboxylic acids is 1. The van der Waals surface area contributed by atoms with Crippen LogP contribution in [-0.4, -0.2) is 58.3 Å². The van der Waals surface area contributed by atoms with Crippen LogP contribution in [0.25, 0.3) is 0 Å². The van der Waals surface area contributed by atoms with Crippen LogP contribution in [-0.2, 0) is 0 Å². The third-order valence-electron chi connectivity index (χ3n) is 4.27. The Morgan fingerprint density at radius 3 is 2.28 bits per heavy atom. The Balaban J connectivity index is 1.66. The highest BCUT2D eigenvalue weighted by atomic mass is 16.4. The van der Waals surface area contributed by atoms with Gasteiger partial charge < -0.3 is 14.9 Å². The smallest absolute Gasteiger partial charge is 0.335 e. The van der Waals surface area contributed by atoms with Gasteiger partial charge in [-0.3, -0.25) is 4.79 Å². The van der Waals surface area contributed by atoms with E-state index in [0.717, 1.165) is 24.5 Å². The maximum absolute atomic E-state index is 12.7. The number of anilines is 1. The number of aromatic carboxylic acids is 1. The van der Waals surface area contributed by atoms with E-state index in [1.807, 2.05) is 19.1 Å². The number of aromatic nitrogens is 2. The predicted molar refractivity (Wildman–Crippen MR) is 92.9 cm³/mol. The molecule has 0 spiro atoms. The van der Waals surface area contributed by atoms with Crippen LogP contribution in [0.15, 0.2) is 36.4 Å². The molecule has 1 aliphatic rings. The van der Waals surface area contributed by atoms with Crippen LogP contribution in [0.1, 0.15) is 32.8 Å². The van der Waals surface area contributed by atoms with Crippen molar-refractivity contribution in [3.63, 3.8) is 0 Å². The fraction of sp³-hybridized carbons (Fsp3) is 0.333. The van der Waals surface area contributed by atoms with Crippen LogP contribution < -0.4 is 4.90 Å². The van der Waals surface area contributed by atoms with Crippen LogP contribution >= 0.6 is 0 Å². The van der Waals surface area contributed by atoms with E-state index in [0.29, 0.717) is 25.2 Å². The van der Waals surface area contributed by atoms with E-state index in [2.05, 4.69) is 15.1 Å². The molecule has 1 N–H and O–H groups in total. The zero-order valence-electron chi connectivity index (χ0n) is 14.1. The quantitative estimate of drug-likeness (QED) is 0.917. The molecule has 1 saturated heterocycles. The topological polar surface area (TPSA) is 86.6 Å². The van der Waals surface area contributed by atoms with Crippen molar-refractivity contribution < 1.29 is 14.7 Å². The second-order valence-corrected chi connectivity index (χ2v) is 6.05. The SMILES string of the molecule is Cc1ccc(N2CCCN(C(=O)c3ccc(C(=O)O)cc3)CC2)nn1. The summed E-state index contributed by atoms with van der Waals surface area (Å²) in [7, 11) is 0. The average molecular weight is 340 g/mol. The summed E-state index contributed by atoms with van der Waals surface area (Å²) in [4.78, 5) is 27.5. The van der Waals surface area contributed by atoms with E-state index < -0.39 is 5.97 Å². The monoisotopic (exact) mass is 340 g/mol. The molecule has 0 atom stereocenters. The maximum atomic E-state index is 12.7. The molecule has 3 rings (SSSR count). The summed E-state index contributed by atoms with van der Waals surface area (Å²) < 4.78 is 0. The van der Waals surface area contributed by atoms with E-state index in [4.69, 9.17) is 5.11 Å². The minimum atomic E-state index is -0.997. The number of carboxylic acid groups (broad SMARTS) is 1. The standard InChI is InChI=1S/C18H20N4O3/c1-13-3-8-16(20-19-13)21-9-2-10-22(12-11-21)17(23)14-4-6-15(7-5-14)18(24)25/h3-8H,2,9-12H2,1H3,(H,24,25). The summed E-state index contributed by atoms with van der Waals surface area (Å²) in [6.07, 6.45) is 0.842. The number of rotatable bonds is 3. The molecule has 1 aromatic heterocycles. The third kappa shape index (κ3) is 3.93. The van der Waals surface area contributed by atoms with Gasteiger partial charge >= 0.3 is 5.97 Å². The van der Waals surface area contributed by atoms with Gasteiger partial charge in [0.2, 0.25) is 0 Å². The molecular weight excluding hydrogens is 320 g/mol. The lowest BCUT2D eigenvalue weighted by Gasteiger charge is -2.22. The second-order valence-electron chi connectivity index (χ2n) is 6.05. The van der Waals surface area contributed by atoms with Gasteiger partial charge in [0, 0.05) is 31.7 Å². The molecule has 0 saturated carbocycles. The minimum absolute atomic E-state index is 0.0752. The van der Waals surface area contributed by atoms with Crippen LogP contribution in [0, 0.1) is 6.92 Å². The highest BCUT2D eigenvalue weighted by Gasteiger charge is 2.21. The first-order chi connectivity index (χ1) is 12.0. The van der Waals surface area contributed by atoms with Gasteiger partial charge in [0.1, 0.15) is 0 Å². The van der Waals surface area contributed by atoms with Crippen molar-refractivity contribution in [2.75, 3.05) is 31.1 Å². The maximum Gasteiger partial charge on any atom is 0.335 e. The van der Waals surface area contributed by atoms with Gasteiger partial charge in [-0.1, -0.05) is 0 Å². The molecule has 2 aromatic rings. The normalized spacial score (nSPS) is 14.9. The summed E-state index contributed by atoms with van der Waals surface area (Å²) in [5, 5.41) is 17.2. The second kappa shape index (κ2) is 7.29. The zero-order chi connectivity index (χ0) is 17.8. The lowest BCUT2D eigenvalue weighted by Crippen LogP contribution is -2.35. The van der Waals surface area contributed by atoms with Crippen molar-refractivity contribution in [1.29, 1.82) is 0 Å². The largest absolute Gasteiger partial charge is 0.478 e. The third-order valence-corrected chi connectivity index (χ3v) is 4.27. The first kappa shape index (κ1) is 16.9. The van der Waals surface area contributed by atoms with Crippen molar-refractivity contribution in [3.8, 4) is 0 Å². The first-order valence-electron chi connectivity index (χ1n) is 8.22. The van der Waals surface area contributed by atoms with E-state index in [9.17, 15) is 9.59 Å². The highest BCUT2D eigenvalue weighted by Crippen LogP contribution is 2.15. The molecule has 0 bridgehead atoms. The Morgan fingerprint density at radius 2 is 1.64 bits per heavy atom. The first-order valence-corrected chi connectivity index (χ1v) is 8.22. The number of carbonyl (C=O) groups is 2. The van der Waals surface area contributed by atoms with Gasteiger partial charge in [0.15, 0.2) is 5.82 Å². The Morgan fingerprint density at radius 1 is 0.920 bits per heavy atom. The molecule has 0 unspecified atom stereocenters. The van der Waals surface area contributed by atoms with Crippen LogP contribution in [0.2, 0.25) is 0 Å². The summed E-state index contributed by atoms with van der Waals surface area (Å²) in [5.41, 5.74) is 1.56. The number of benzene rings is 1. The van der Waals surface area contributed by atoms with Crippen molar-refractivity contribution in [1.82, 2.24) is 15.1 Å². The molecule has 7 nitrogen and oxygen atoms in total. The zero-order valence-corrected chi connectivity index (χ0v) is 14.1. The van der Waals surface area contributed by atoms with Crippen molar-refractivity contribution in [2.24, 2.45) is 0 Å². The van der Waals surface area contributed by atoms with E-state index in [1.165, 1.54) is 12.1 Å². The summed E-state index contributed by atoms with van der Waals surface area (Å²) in [5.74, 6) is -0.247. The molecule has 1 fully saturated rings. The summed E-state index contributed by atoms with van der Waals surface area (Å²) in [6.45, 7) is 4.66. The Kier molecular flexibility index (Phi) is 4.92. The van der Waals surface area contributed by atoms with Crippen molar-refractivity contribution in [2.45, 2.75) is 13.3 Å². The molecule has 1 aromatic carbocycles. The lowest BCUT2D eigenvalue weighted by atomic mass is 10.1. The van der Waals surface area contributed by atoms with Gasteiger partial charge in [0.05, 0.1) is 11.3 Å².